The normalized spacial score (nSPS) is 21.5. The molecule has 0 radical (unpaired) electrons. The summed E-state index contributed by atoms with van der Waals surface area (Å²) in [5.74, 6) is -2.90. The average Bonchev–Trinajstić information content (AvgIpc) is 2.87. The lowest BCUT2D eigenvalue weighted by molar-refractivity contribution is -0.142. The molecule has 1 amide bonds. The molecule has 0 unspecified atom stereocenters. The molecule has 5 nitrogen and oxygen atoms in total. The second-order valence-corrected chi connectivity index (χ2v) is 4.78. The lowest BCUT2D eigenvalue weighted by Gasteiger charge is -2.18. The zero-order valence-electron chi connectivity index (χ0n) is 11.1. The van der Waals surface area contributed by atoms with E-state index in [1.807, 2.05) is 0 Å². The van der Waals surface area contributed by atoms with E-state index in [0.717, 1.165) is 6.42 Å². The van der Waals surface area contributed by atoms with Gasteiger partial charge in [-0.3, -0.25) is 9.59 Å². The van der Waals surface area contributed by atoms with Crippen molar-refractivity contribution in [1.82, 2.24) is 5.32 Å². The van der Waals surface area contributed by atoms with Crippen molar-refractivity contribution in [1.29, 1.82) is 0 Å². The Morgan fingerprint density at radius 3 is 2.80 bits per heavy atom. The Bertz CT molecular complexity index is 532. The fourth-order valence-corrected chi connectivity index (χ4v) is 2.52. The van der Waals surface area contributed by atoms with Gasteiger partial charge in [0.25, 0.3) is 5.91 Å². The Morgan fingerprint density at radius 1 is 1.40 bits per heavy atom. The molecule has 6 heteroatoms. The highest BCUT2D eigenvalue weighted by Gasteiger charge is 2.34. The number of benzene rings is 1. The third-order valence-electron chi connectivity index (χ3n) is 3.58. The Hall–Kier alpha value is -2.11. The standard InChI is InChI=1S/C14H16FNO4/c1-20-11-7-3-5-9(12(11)15)13(17)16-10-6-2-4-8(10)14(18)19/h3,5,7-8,10H,2,4,6H2,1H3,(H,16,17)(H,18,19)/t8-,10+/m0/s1. The van der Waals surface area contributed by atoms with Crippen molar-refractivity contribution < 1.29 is 23.8 Å². The van der Waals surface area contributed by atoms with Gasteiger partial charge in [0.1, 0.15) is 0 Å². The molecule has 1 aliphatic carbocycles. The summed E-state index contributed by atoms with van der Waals surface area (Å²) >= 11 is 0. The van der Waals surface area contributed by atoms with Crippen molar-refractivity contribution in [3.8, 4) is 5.75 Å². The molecule has 1 saturated carbocycles. The topological polar surface area (TPSA) is 75.6 Å². The number of amides is 1. The van der Waals surface area contributed by atoms with Gasteiger partial charge >= 0.3 is 5.97 Å². The first kappa shape index (κ1) is 14.3. The highest BCUT2D eigenvalue weighted by Crippen LogP contribution is 2.27. The van der Waals surface area contributed by atoms with Crippen LogP contribution in [0.4, 0.5) is 4.39 Å². The predicted molar refractivity (Wildman–Crippen MR) is 69.2 cm³/mol. The molecule has 1 fully saturated rings. The number of rotatable bonds is 4. The second kappa shape index (κ2) is 5.90. The van der Waals surface area contributed by atoms with Gasteiger partial charge in [0.15, 0.2) is 11.6 Å². The smallest absolute Gasteiger partial charge is 0.308 e. The van der Waals surface area contributed by atoms with Crippen LogP contribution in [0.2, 0.25) is 0 Å². The number of methoxy groups -OCH3 is 1. The van der Waals surface area contributed by atoms with Crippen LogP contribution in [0, 0.1) is 11.7 Å². The van der Waals surface area contributed by atoms with E-state index in [1.165, 1.54) is 25.3 Å². The van der Waals surface area contributed by atoms with E-state index < -0.39 is 29.7 Å². The Balaban J connectivity index is 2.14. The molecule has 2 rings (SSSR count). The molecule has 2 N–H and O–H groups in total. The number of ether oxygens (including phenoxy) is 1. The van der Waals surface area contributed by atoms with Gasteiger partial charge in [-0.25, -0.2) is 4.39 Å². The van der Waals surface area contributed by atoms with Crippen molar-refractivity contribution in [3.05, 3.63) is 29.6 Å². The average molecular weight is 281 g/mol. The zero-order chi connectivity index (χ0) is 14.7. The SMILES string of the molecule is COc1cccc(C(=O)N[C@@H]2CCC[C@@H]2C(=O)O)c1F. The number of aliphatic carboxylic acids is 1. The minimum atomic E-state index is -0.932. The molecule has 1 aromatic rings. The van der Waals surface area contributed by atoms with Crippen LogP contribution in [-0.4, -0.2) is 30.1 Å². The summed E-state index contributed by atoms with van der Waals surface area (Å²) in [5.41, 5.74) is -0.139. The molecule has 1 aliphatic rings. The Labute approximate surface area is 115 Å². The number of carboxylic acid groups (broad SMARTS) is 1. The van der Waals surface area contributed by atoms with Gasteiger partial charge in [-0.05, 0) is 25.0 Å². The largest absolute Gasteiger partial charge is 0.494 e. The van der Waals surface area contributed by atoms with Crippen molar-refractivity contribution in [2.75, 3.05) is 7.11 Å². The van der Waals surface area contributed by atoms with E-state index >= 15 is 0 Å². The van der Waals surface area contributed by atoms with Crippen LogP contribution in [-0.2, 0) is 4.79 Å². The quantitative estimate of drug-likeness (QED) is 0.882. The molecule has 0 spiro atoms. The van der Waals surface area contributed by atoms with Gasteiger partial charge in [-0.15, -0.1) is 0 Å². The fraction of sp³-hybridized carbons (Fsp3) is 0.429. The maximum atomic E-state index is 14.0. The van der Waals surface area contributed by atoms with Crippen LogP contribution in [0.25, 0.3) is 0 Å². The van der Waals surface area contributed by atoms with Crippen LogP contribution >= 0.6 is 0 Å². The summed E-state index contributed by atoms with van der Waals surface area (Å²) in [4.78, 5) is 23.1. The van der Waals surface area contributed by atoms with Crippen LogP contribution in [0.15, 0.2) is 18.2 Å². The minimum absolute atomic E-state index is 0.0149. The molecule has 0 heterocycles. The molecular weight excluding hydrogens is 265 g/mol. The van der Waals surface area contributed by atoms with E-state index in [-0.39, 0.29) is 11.3 Å². The minimum Gasteiger partial charge on any atom is -0.494 e. The lowest BCUT2D eigenvalue weighted by atomic mass is 10.0. The molecule has 108 valence electrons. The Kier molecular flexibility index (Phi) is 4.22. The number of nitrogens with one attached hydrogen (secondary N) is 1. The van der Waals surface area contributed by atoms with Gasteiger partial charge in [0.2, 0.25) is 0 Å². The summed E-state index contributed by atoms with van der Waals surface area (Å²) in [7, 11) is 1.32. The van der Waals surface area contributed by atoms with E-state index in [4.69, 9.17) is 9.84 Å². The molecule has 20 heavy (non-hydrogen) atoms. The first-order valence-corrected chi connectivity index (χ1v) is 6.40. The molecule has 2 atom stereocenters. The third kappa shape index (κ3) is 2.74. The molecule has 0 aromatic heterocycles. The number of carboxylic acids is 1. The van der Waals surface area contributed by atoms with Crippen molar-refractivity contribution >= 4 is 11.9 Å². The maximum absolute atomic E-state index is 14.0. The van der Waals surface area contributed by atoms with Crippen molar-refractivity contribution in [3.63, 3.8) is 0 Å². The van der Waals surface area contributed by atoms with Gasteiger partial charge in [0, 0.05) is 6.04 Å². The number of carbonyl (C=O) groups excluding carboxylic acids is 1. The van der Waals surface area contributed by atoms with E-state index in [0.29, 0.717) is 12.8 Å². The number of hydrogen-bond acceptors (Lipinski definition) is 3. The van der Waals surface area contributed by atoms with Gasteiger partial charge in [0.05, 0.1) is 18.6 Å². The van der Waals surface area contributed by atoms with Crippen LogP contribution in [0.1, 0.15) is 29.6 Å². The molecule has 0 aliphatic heterocycles. The van der Waals surface area contributed by atoms with Crippen molar-refractivity contribution in [2.45, 2.75) is 25.3 Å². The van der Waals surface area contributed by atoms with E-state index in [1.54, 1.807) is 0 Å². The second-order valence-electron chi connectivity index (χ2n) is 4.78. The molecule has 1 aromatic carbocycles. The van der Waals surface area contributed by atoms with E-state index in [9.17, 15) is 14.0 Å². The van der Waals surface area contributed by atoms with E-state index in [2.05, 4.69) is 5.32 Å². The summed E-state index contributed by atoms with van der Waals surface area (Å²) in [6, 6.07) is 3.82. The molecule has 0 bridgehead atoms. The first-order valence-electron chi connectivity index (χ1n) is 6.40. The predicted octanol–water partition coefficient (Wildman–Crippen LogP) is 1.82. The maximum Gasteiger partial charge on any atom is 0.308 e. The number of carbonyl (C=O) groups is 2. The van der Waals surface area contributed by atoms with Crippen LogP contribution < -0.4 is 10.1 Å². The number of halogens is 1. The molecule has 0 saturated heterocycles. The third-order valence-corrected chi connectivity index (χ3v) is 3.58. The highest BCUT2D eigenvalue weighted by atomic mass is 19.1. The monoisotopic (exact) mass is 281 g/mol. The first-order chi connectivity index (χ1) is 9.54. The highest BCUT2D eigenvalue weighted by molar-refractivity contribution is 5.95. The van der Waals surface area contributed by atoms with Gasteiger partial charge in [-0.1, -0.05) is 12.5 Å². The summed E-state index contributed by atoms with van der Waals surface area (Å²) in [6.45, 7) is 0. The number of hydrogen-bond donors (Lipinski definition) is 2. The summed E-state index contributed by atoms with van der Waals surface area (Å²) in [6.07, 6.45) is 1.86. The summed E-state index contributed by atoms with van der Waals surface area (Å²) in [5, 5.41) is 11.7. The summed E-state index contributed by atoms with van der Waals surface area (Å²) < 4.78 is 18.8. The Morgan fingerprint density at radius 2 is 2.15 bits per heavy atom. The van der Waals surface area contributed by atoms with Crippen LogP contribution in [0.5, 0.6) is 5.75 Å². The van der Waals surface area contributed by atoms with Gasteiger partial charge < -0.3 is 15.2 Å². The van der Waals surface area contributed by atoms with Crippen LogP contribution in [0.3, 0.4) is 0 Å². The van der Waals surface area contributed by atoms with Crippen molar-refractivity contribution in [2.24, 2.45) is 5.92 Å². The molecular formula is C14H16FNO4. The lowest BCUT2D eigenvalue weighted by Crippen LogP contribution is -2.40. The fourth-order valence-electron chi connectivity index (χ4n) is 2.52. The van der Waals surface area contributed by atoms with Gasteiger partial charge in [-0.2, -0.15) is 0 Å². The zero-order valence-corrected chi connectivity index (χ0v) is 11.1.